The van der Waals surface area contributed by atoms with E-state index < -0.39 is 0 Å². The molecule has 1 aromatic rings. The average molecular weight is 205 g/mol. The van der Waals surface area contributed by atoms with E-state index in [1.54, 1.807) is 25.3 Å². The fourth-order valence-electron chi connectivity index (χ4n) is 1.26. The predicted molar refractivity (Wildman–Crippen MR) is 60.3 cm³/mol. The van der Waals surface area contributed by atoms with Crippen molar-refractivity contribution in [3.63, 3.8) is 0 Å². The predicted octanol–water partition coefficient (Wildman–Crippen LogP) is 1.92. The second-order valence-electron chi connectivity index (χ2n) is 3.20. The molecular weight excluding hydrogens is 190 g/mol. The molecule has 1 N–H and O–H groups in total. The van der Waals surface area contributed by atoms with Gasteiger partial charge in [-0.1, -0.05) is 17.7 Å². The normalized spacial score (nSPS) is 9.47. The van der Waals surface area contributed by atoms with Crippen LogP contribution in [0.15, 0.2) is 30.9 Å². The van der Waals surface area contributed by atoms with Crippen LogP contribution in [0.3, 0.4) is 0 Å². The molecule has 0 aliphatic rings. The van der Waals surface area contributed by atoms with Gasteiger partial charge in [-0.15, -0.1) is 6.58 Å². The molecule has 0 saturated carbocycles. The van der Waals surface area contributed by atoms with Crippen molar-refractivity contribution in [3.05, 3.63) is 42.0 Å². The minimum absolute atomic E-state index is 0.143. The lowest BCUT2D eigenvalue weighted by molar-refractivity contribution is 0.0955. The fourth-order valence-corrected chi connectivity index (χ4v) is 1.26. The Morgan fingerprint density at radius 3 is 2.93 bits per heavy atom. The molecule has 0 radical (unpaired) electrons. The van der Waals surface area contributed by atoms with E-state index in [0.717, 1.165) is 5.56 Å². The van der Waals surface area contributed by atoms with E-state index in [-0.39, 0.29) is 5.91 Å². The summed E-state index contributed by atoms with van der Waals surface area (Å²) in [6.07, 6.45) is 1.64. The molecule has 0 heterocycles. The van der Waals surface area contributed by atoms with Gasteiger partial charge in [0.1, 0.15) is 5.75 Å². The van der Waals surface area contributed by atoms with Crippen LogP contribution in [0, 0.1) is 6.92 Å². The molecule has 0 atom stereocenters. The highest BCUT2D eigenvalue weighted by Gasteiger charge is 2.10. The van der Waals surface area contributed by atoms with Gasteiger partial charge in [-0.2, -0.15) is 0 Å². The number of rotatable bonds is 4. The monoisotopic (exact) mass is 205 g/mol. The molecule has 1 aromatic carbocycles. The molecule has 0 aliphatic heterocycles. The summed E-state index contributed by atoms with van der Waals surface area (Å²) in [5.74, 6) is 0.442. The summed E-state index contributed by atoms with van der Waals surface area (Å²) in [6.45, 7) is 5.93. The van der Waals surface area contributed by atoms with Crippen LogP contribution >= 0.6 is 0 Å². The first kappa shape index (κ1) is 11.3. The zero-order valence-electron chi connectivity index (χ0n) is 9.04. The summed E-state index contributed by atoms with van der Waals surface area (Å²) in [4.78, 5) is 11.7. The molecule has 1 rings (SSSR count). The number of methoxy groups -OCH3 is 1. The molecule has 0 unspecified atom stereocenters. The summed E-state index contributed by atoms with van der Waals surface area (Å²) >= 11 is 0. The summed E-state index contributed by atoms with van der Waals surface area (Å²) in [7, 11) is 1.55. The highest BCUT2D eigenvalue weighted by Crippen LogP contribution is 2.19. The van der Waals surface area contributed by atoms with Crippen LogP contribution in [0.1, 0.15) is 15.9 Å². The third-order valence-electron chi connectivity index (χ3n) is 2.01. The SMILES string of the molecule is C=CCNC(=O)c1cc(C)ccc1OC. The summed E-state index contributed by atoms with van der Waals surface area (Å²) in [6, 6.07) is 5.50. The minimum atomic E-state index is -0.143. The summed E-state index contributed by atoms with van der Waals surface area (Å²) < 4.78 is 5.11. The molecule has 0 aliphatic carbocycles. The fraction of sp³-hybridized carbons (Fsp3) is 0.250. The number of ether oxygens (including phenoxy) is 1. The van der Waals surface area contributed by atoms with Crippen molar-refractivity contribution >= 4 is 5.91 Å². The largest absolute Gasteiger partial charge is 0.496 e. The van der Waals surface area contributed by atoms with Crippen molar-refractivity contribution in [3.8, 4) is 5.75 Å². The maximum atomic E-state index is 11.7. The minimum Gasteiger partial charge on any atom is -0.496 e. The number of benzene rings is 1. The van der Waals surface area contributed by atoms with Gasteiger partial charge < -0.3 is 10.1 Å². The summed E-state index contributed by atoms with van der Waals surface area (Å²) in [5, 5.41) is 2.71. The van der Waals surface area contributed by atoms with Gasteiger partial charge in [0.15, 0.2) is 0 Å². The first-order valence-corrected chi connectivity index (χ1v) is 4.72. The first-order valence-electron chi connectivity index (χ1n) is 4.72. The van der Waals surface area contributed by atoms with E-state index in [0.29, 0.717) is 17.9 Å². The molecule has 3 nitrogen and oxygen atoms in total. The number of hydrogen-bond acceptors (Lipinski definition) is 2. The van der Waals surface area contributed by atoms with E-state index in [2.05, 4.69) is 11.9 Å². The Bertz CT molecular complexity index is 372. The quantitative estimate of drug-likeness (QED) is 0.763. The summed E-state index contributed by atoms with van der Waals surface area (Å²) in [5.41, 5.74) is 1.58. The van der Waals surface area contributed by atoms with Gasteiger partial charge in [-0.05, 0) is 19.1 Å². The van der Waals surface area contributed by atoms with Crippen molar-refractivity contribution in [2.24, 2.45) is 0 Å². The molecule has 0 fully saturated rings. The van der Waals surface area contributed by atoms with E-state index in [4.69, 9.17) is 4.74 Å². The molecule has 0 spiro atoms. The van der Waals surface area contributed by atoms with Crippen LogP contribution in [0.25, 0.3) is 0 Å². The Balaban J connectivity index is 2.94. The van der Waals surface area contributed by atoms with E-state index >= 15 is 0 Å². The van der Waals surface area contributed by atoms with Crippen molar-refractivity contribution in [1.29, 1.82) is 0 Å². The molecule has 15 heavy (non-hydrogen) atoms. The van der Waals surface area contributed by atoms with E-state index in [1.165, 1.54) is 0 Å². The number of amides is 1. The molecule has 3 heteroatoms. The van der Waals surface area contributed by atoms with Crippen LogP contribution in [-0.2, 0) is 0 Å². The molecule has 0 aromatic heterocycles. The maximum absolute atomic E-state index is 11.7. The second-order valence-corrected chi connectivity index (χ2v) is 3.20. The standard InChI is InChI=1S/C12H15NO2/c1-4-7-13-12(14)10-8-9(2)5-6-11(10)15-3/h4-6,8H,1,7H2,2-3H3,(H,13,14). The number of aryl methyl sites for hydroxylation is 1. The van der Waals surface area contributed by atoms with Crippen LogP contribution in [-0.4, -0.2) is 19.6 Å². The average Bonchev–Trinajstić information content (AvgIpc) is 2.25. The van der Waals surface area contributed by atoms with E-state index in [1.807, 2.05) is 13.0 Å². The molecular formula is C12H15NO2. The number of carbonyl (C=O) groups excluding carboxylic acids is 1. The molecule has 0 bridgehead atoms. The van der Waals surface area contributed by atoms with Gasteiger partial charge in [0.05, 0.1) is 12.7 Å². The maximum Gasteiger partial charge on any atom is 0.255 e. The van der Waals surface area contributed by atoms with Crippen LogP contribution in [0.4, 0.5) is 0 Å². The van der Waals surface area contributed by atoms with E-state index in [9.17, 15) is 4.79 Å². The molecule has 80 valence electrons. The van der Waals surface area contributed by atoms with Gasteiger partial charge in [-0.25, -0.2) is 0 Å². The third-order valence-corrected chi connectivity index (χ3v) is 2.01. The number of carbonyl (C=O) groups is 1. The lowest BCUT2D eigenvalue weighted by Crippen LogP contribution is -2.23. The van der Waals surface area contributed by atoms with Crippen LogP contribution in [0.5, 0.6) is 5.75 Å². The van der Waals surface area contributed by atoms with Gasteiger partial charge in [0, 0.05) is 6.54 Å². The Hall–Kier alpha value is -1.77. The Morgan fingerprint density at radius 1 is 1.60 bits per heavy atom. The highest BCUT2D eigenvalue weighted by molar-refractivity contribution is 5.97. The Morgan fingerprint density at radius 2 is 2.33 bits per heavy atom. The second kappa shape index (κ2) is 5.20. The smallest absolute Gasteiger partial charge is 0.255 e. The lowest BCUT2D eigenvalue weighted by Gasteiger charge is -2.08. The Kier molecular flexibility index (Phi) is 3.92. The van der Waals surface area contributed by atoms with Crippen LogP contribution in [0.2, 0.25) is 0 Å². The lowest BCUT2D eigenvalue weighted by atomic mass is 10.1. The zero-order valence-corrected chi connectivity index (χ0v) is 9.04. The van der Waals surface area contributed by atoms with Crippen molar-refractivity contribution in [1.82, 2.24) is 5.32 Å². The Labute approximate surface area is 89.8 Å². The van der Waals surface area contributed by atoms with Crippen molar-refractivity contribution in [2.45, 2.75) is 6.92 Å². The topological polar surface area (TPSA) is 38.3 Å². The zero-order chi connectivity index (χ0) is 11.3. The van der Waals surface area contributed by atoms with Gasteiger partial charge in [0.2, 0.25) is 0 Å². The van der Waals surface area contributed by atoms with Gasteiger partial charge in [-0.3, -0.25) is 4.79 Å². The number of nitrogens with one attached hydrogen (secondary N) is 1. The van der Waals surface area contributed by atoms with Crippen molar-refractivity contribution in [2.75, 3.05) is 13.7 Å². The van der Waals surface area contributed by atoms with Crippen molar-refractivity contribution < 1.29 is 9.53 Å². The first-order chi connectivity index (χ1) is 7.19. The van der Waals surface area contributed by atoms with Gasteiger partial charge in [0.25, 0.3) is 5.91 Å². The number of hydrogen-bond donors (Lipinski definition) is 1. The van der Waals surface area contributed by atoms with Gasteiger partial charge >= 0.3 is 0 Å². The van der Waals surface area contributed by atoms with Crippen LogP contribution < -0.4 is 10.1 Å². The molecule has 1 amide bonds. The highest BCUT2D eigenvalue weighted by atomic mass is 16.5. The third kappa shape index (κ3) is 2.84. The molecule has 0 saturated heterocycles.